The molecule has 1 aromatic rings. The number of rotatable bonds is 6. The molecule has 0 aliphatic heterocycles. The highest BCUT2D eigenvalue weighted by atomic mass is 35.5. The minimum absolute atomic E-state index is 0. The molecule has 1 aromatic carbocycles. The van der Waals surface area contributed by atoms with Crippen LogP contribution in [0.3, 0.4) is 0 Å². The first kappa shape index (κ1) is 16.4. The van der Waals surface area contributed by atoms with Gasteiger partial charge in [0.25, 0.3) is 0 Å². The molecular weight excluding hydrogens is 254 g/mol. The number of nitrogens with one attached hydrogen (secondary N) is 1. The third-order valence-corrected chi connectivity index (χ3v) is 2.31. The van der Waals surface area contributed by atoms with Crippen molar-refractivity contribution >= 4 is 24.2 Å². The number of amides is 2. The molecule has 100 valence electrons. The fourth-order valence-electron chi connectivity index (χ4n) is 1.40. The molecule has 0 bridgehead atoms. The van der Waals surface area contributed by atoms with Crippen molar-refractivity contribution in [2.24, 2.45) is 11.5 Å². The average Bonchev–Trinajstić information content (AvgIpc) is 2.29. The summed E-state index contributed by atoms with van der Waals surface area (Å²) in [7, 11) is 0. The van der Waals surface area contributed by atoms with E-state index in [0.29, 0.717) is 6.42 Å². The van der Waals surface area contributed by atoms with Gasteiger partial charge in [-0.1, -0.05) is 30.3 Å². The normalized spacial score (nSPS) is 11.2. The maximum Gasteiger partial charge on any atom is 0.237 e. The average molecular weight is 272 g/mol. The van der Waals surface area contributed by atoms with E-state index in [1.54, 1.807) is 0 Å². The number of benzene rings is 1. The molecule has 1 rings (SSSR count). The molecule has 2 amide bonds. The van der Waals surface area contributed by atoms with Crippen molar-refractivity contribution in [2.45, 2.75) is 18.9 Å². The van der Waals surface area contributed by atoms with Crippen LogP contribution >= 0.6 is 12.4 Å². The summed E-state index contributed by atoms with van der Waals surface area (Å²) in [5, 5.41) is 2.57. The second-order valence-electron chi connectivity index (χ2n) is 3.80. The Kier molecular flexibility index (Phi) is 7.74. The lowest BCUT2D eigenvalue weighted by molar-refractivity contribution is -0.122. The Morgan fingerprint density at radius 2 is 1.83 bits per heavy atom. The van der Waals surface area contributed by atoms with Crippen LogP contribution in [0.5, 0.6) is 0 Å². The topological polar surface area (TPSA) is 98.2 Å². The molecule has 5 N–H and O–H groups in total. The molecule has 0 spiro atoms. The number of hydrogen-bond donors (Lipinski definition) is 3. The van der Waals surface area contributed by atoms with Gasteiger partial charge >= 0.3 is 0 Å². The van der Waals surface area contributed by atoms with Gasteiger partial charge in [0.2, 0.25) is 11.8 Å². The molecule has 5 nitrogen and oxygen atoms in total. The Labute approximate surface area is 112 Å². The fourth-order valence-corrected chi connectivity index (χ4v) is 1.40. The highest BCUT2D eigenvalue weighted by Crippen LogP contribution is 2.01. The van der Waals surface area contributed by atoms with E-state index in [1.807, 2.05) is 30.3 Å². The largest absolute Gasteiger partial charge is 0.370 e. The first-order valence-electron chi connectivity index (χ1n) is 5.45. The lowest BCUT2D eigenvalue weighted by Crippen LogP contribution is -2.42. The van der Waals surface area contributed by atoms with E-state index in [-0.39, 0.29) is 31.3 Å². The third-order valence-electron chi connectivity index (χ3n) is 2.31. The molecule has 1 atom stereocenters. The second kappa shape index (κ2) is 8.49. The van der Waals surface area contributed by atoms with Gasteiger partial charge in [-0.3, -0.25) is 9.59 Å². The number of hydrogen-bond acceptors (Lipinski definition) is 3. The van der Waals surface area contributed by atoms with Gasteiger partial charge in [-0.15, -0.1) is 12.4 Å². The monoisotopic (exact) mass is 271 g/mol. The van der Waals surface area contributed by atoms with Crippen LogP contribution in [0.1, 0.15) is 12.0 Å². The summed E-state index contributed by atoms with van der Waals surface area (Å²) in [6, 6.07) is 8.92. The highest BCUT2D eigenvalue weighted by Gasteiger charge is 2.13. The van der Waals surface area contributed by atoms with Crippen LogP contribution in [0.2, 0.25) is 0 Å². The van der Waals surface area contributed by atoms with Crippen LogP contribution in [0.4, 0.5) is 0 Å². The molecule has 0 saturated carbocycles. The maximum atomic E-state index is 11.5. The molecule has 0 aromatic heterocycles. The van der Waals surface area contributed by atoms with Crippen molar-refractivity contribution in [3.05, 3.63) is 35.9 Å². The molecule has 6 heteroatoms. The summed E-state index contributed by atoms with van der Waals surface area (Å²) in [6.45, 7) is 0.233. The van der Waals surface area contributed by atoms with Crippen LogP contribution in [0, 0.1) is 0 Å². The molecule has 0 heterocycles. The predicted molar refractivity (Wildman–Crippen MR) is 72.2 cm³/mol. The quantitative estimate of drug-likeness (QED) is 0.678. The van der Waals surface area contributed by atoms with Crippen molar-refractivity contribution in [3.8, 4) is 0 Å². The summed E-state index contributed by atoms with van der Waals surface area (Å²) >= 11 is 0. The molecule has 0 fully saturated rings. The summed E-state index contributed by atoms with van der Waals surface area (Å²) in [6.07, 6.45) is 0.604. The zero-order chi connectivity index (χ0) is 12.7. The van der Waals surface area contributed by atoms with Gasteiger partial charge in [-0.05, 0) is 12.0 Å². The standard InChI is InChI=1S/C12H17N3O2.ClH/c13-10(8-9-4-2-1-3-5-9)12(17)15-7-6-11(14)16;/h1-5,10H,6-8,13H2,(H2,14,16)(H,15,17);1H/t10-;/m0./s1. The van der Waals surface area contributed by atoms with Crippen LogP contribution in [-0.2, 0) is 16.0 Å². The minimum Gasteiger partial charge on any atom is -0.370 e. The van der Waals surface area contributed by atoms with Gasteiger partial charge in [-0.25, -0.2) is 0 Å². The molecule has 18 heavy (non-hydrogen) atoms. The number of carbonyl (C=O) groups is 2. The number of carbonyl (C=O) groups excluding carboxylic acids is 2. The van der Waals surface area contributed by atoms with Crippen molar-refractivity contribution in [1.82, 2.24) is 5.32 Å². The number of halogens is 1. The predicted octanol–water partition coefficient (Wildman–Crippen LogP) is -0.0302. The minimum atomic E-state index is -0.606. The highest BCUT2D eigenvalue weighted by molar-refractivity contribution is 5.85. The van der Waals surface area contributed by atoms with Gasteiger partial charge in [-0.2, -0.15) is 0 Å². The molecular formula is C12H18ClN3O2. The second-order valence-corrected chi connectivity index (χ2v) is 3.80. The summed E-state index contributed by atoms with van der Waals surface area (Å²) in [5.74, 6) is -0.711. The summed E-state index contributed by atoms with van der Waals surface area (Å²) in [5.41, 5.74) is 11.7. The van der Waals surface area contributed by atoms with E-state index in [1.165, 1.54) is 0 Å². The van der Waals surface area contributed by atoms with Gasteiger partial charge in [0.15, 0.2) is 0 Å². The zero-order valence-electron chi connectivity index (χ0n) is 9.96. The van der Waals surface area contributed by atoms with Gasteiger partial charge in [0.1, 0.15) is 0 Å². The first-order valence-corrected chi connectivity index (χ1v) is 5.45. The van der Waals surface area contributed by atoms with Gasteiger partial charge in [0.05, 0.1) is 6.04 Å². The van der Waals surface area contributed by atoms with E-state index in [4.69, 9.17) is 11.5 Å². The lowest BCUT2D eigenvalue weighted by atomic mass is 10.1. The molecule has 0 unspecified atom stereocenters. The van der Waals surface area contributed by atoms with Gasteiger partial charge in [0, 0.05) is 13.0 Å². The molecule has 0 aliphatic rings. The van der Waals surface area contributed by atoms with Crippen LogP contribution < -0.4 is 16.8 Å². The number of primary amides is 1. The fraction of sp³-hybridized carbons (Fsp3) is 0.333. The Morgan fingerprint density at radius 3 is 2.39 bits per heavy atom. The summed E-state index contributed by atoms with van der Waals surface area (Å²) < 4.78 is 0. The van der Waals surface area contributed by atoms with E-state index in [0.717, 1.165) is 5.56 Å². The van der Waals surface area contributed by atoms with Crippen LogP contribution in [0.15, 0.2) is 30.3 Å². The van der Waals surface area contributed by atoms with E-state index in [2.05, 4.69) is 5.32 Å². The maximum absolute atomic E-state index is 11.5. The zero-order valence-corrected chi connectivity index (χ0v) is 10.8. The lowest BCUT2D eigenvalue weighted by Gasteiger charge is -2.11. The van der Waals surface area contributed by atoms with E-state index >= 15 is 0 Å². The van der Waals surface area contributed by atoms with Gasteiger partial charge < -0.3 is 16.8 Å². The number of nitrogens with two attached hydrogens (primary N) is 2. The van der Waals surface area contributed by atoms with Crippen molar-refractivity contribution in [2.75, 3.05) is 6.54 Å². The Morgan fingerprint density at radius 1 is 1.22 bits per heavy atom. The molecule has 0 radical (unpaired) electrons. The third kappa shape index (κ3) is 6.22. The van der Waals surface area contributed by atoms with Crippen molar-refractivity contribution in [1.29, 1.82) is 0 Å². The van der Waals surface area contributed by atoms with Crippen molar-refractivity contribution < 1.29 is 9.59 Å². The van der Waals surface area contributed by atoms with Crippen molar-refractivity contribution in [3.63, 3.8) is 0 Å². The first-order chi connectivity index (χ1) is 8.09. The van der Waals surface area contributed by atoms with Crippen LogP contribution in [0.25, 0.3) is 0 Å². The SMILES string of the molecule is Cl.NC(=O)CCNC(=O)[C@@H](N)Cc1ccccc1. The Balaban J connectivity index is 0.00000289. The van der Waals surface area contributed by atoms with E-state index in [9.17, 15) is 9.59 Å². The van der Waals surface area contributed by atoms with E-state index < -0.39 is 11.9 Å². The Bertz CT molecular complexity index is 384. The Hall–Kier alpha value is -1.59. The molecule has 0 saturated heterocycles. The smallest absolute Gasteiger partial charge is 0.237 e. The van der Waals surface area contributed by atoms with Crippen LogP contribution in [-0.4, -0.2) is 24.4 Å². The summed E-state index contributed by atoms with van der Waals surface area (Å²) in [4.78, 5) is 22.0. The molecule has 0 aliphatic carbocycles.